The quantitative estimate of drug-likeness (QED) is 0.781. The molecule has 0 spiro atoms. The van der Waals surface area contributed by atoms with Crippen molar-refractivity contribution >= 4 is 23.4 Å². The van der Waals surface area contributed by atoms with Crippen LogP contribution in [0.25, 0.3) is 0 Å². The van der Waals surface area contributed by atoms with Crippen LogP contribution in [-0.4, -0.2) is 60.4 Å². The first-order valence-electron chi connectivity index (χ1n) is 8.68. The van der Waals surface area contributed by atoms with Crippen LogP contribution >= 0.6 is 11.6 Å². The van der Waals surface area contributed by atoms with Crippen LogP contribution in [0.15, 0.2) is 24.3 Å². The number of ether oxygens (including phenoxy) is 1. The molecule has 0 radical (unpaired) electrons. The van der Waals surface area contributed by atoms with Gasteiger partial charge in [-0.3, -0.25) is 9.59 Å². The summed E-state index contributed by atoms with van der Waals surface area (Å²) < 4.78 is 34.7. The Hall–Kier alpha value is -1.73. The van der Waals surface area contributed by atoms with Gasteiger partial charge in [0.1, 0.15) is 0 Å². The number of morpholine rings is 1. The average molecular weight is 387 g/mol. The fraction of sp³-hybridized carbons (Fsp3) is 0.556. The number of amides is 2. The van der Waals surface area contributed by atoms with Crippen molar-refractivity contribution in [2.45, 2.75) is 31.2 Å². The molecule has 1 aromatic rings. The van der Waals surface area contributed by atoms with Crippen molar-refractivity contribution in [3.63, 3.8) is 0 Å². The van der Waals surface area contributed by atoms with E-state index in [2.05, 4.69) is 0 Å². The molecule has 0 aromatic heterocycles. The summed E-state index contributed by atoms with van der Waals surface area (Å²) >= 11 is 5.89. The number of alkyl halides is 2. The van der Waals surface area contributed by atoms with E-state index >= 15 is 0 Å². The van der Waals surface area contributed by atoms with Crippen LogP contribution in [0.5, 0.6) is 0 Å². The van der Waals surface area contributed by atoms with Gasteiger partial charge < -0.3 is 14.5 Å². The molecule has 26 heavy (non-hydrogen) atoms. The maximum absolute atomic E-state index is 14.8. The summed E-state index contributed by atoms with van der Waals surface area (Å²) in [7, 11) is 0. The number of hydrogen-bond donors (Lipinski definition) is 0. The third kappa shape index (κ3) is 4.15. The minimum atomic E-state index is -3.56. The summed E-state index contributed by atoms with van der Waals surface area (Å²) in [4.78, 5) is 27.1. The molecule has 1 aromatic carbocycles. The smallest absolute Gasteiger partial charge is 0.327 e. The summed E-state index contributed by atoms with van der Waals surface area (Å²) in [5.74, 6) is -4.93. The van der Waals surface area contributed by atoms with Gasteiger partial charge in [-0.15, -0.1) is 0 Å². The monoisotopic (exact) mass is 386 g/mol. The Morgan fingerprint density at radius 2 is 1.85 bits per heavy atom. The van der Waals surface area contributed by atoms with E-state index in [1.54, 1.807) is 24.3 Å². The van der Waals surface area contributed by atoms with Crippen LogP contribution in [-0.2, 0) is 14.3 Å². The van der Waals surface area contributed by atoms with Gasteiger partial charge in [-0.25, -0.2) is 0 Å². The predicted molar refractivity (Wildman–Crippen MR) is 92.1 cm³/mol. The summed E-state index contributed by atoms with van der Waals surface area (Å²) in [6, 6.07) is 5.61. The van der Waals surface area contributed by atoms with Crippen molar-refractivity contribution in [1.29, 1.82) is 0 Å². The Labute approximate surface area is 155 Å². The van der Waals surface area contributed by atoms with Crippen molar-refractivity contribution < 1.29 is 23.1 Å². The lowest BCUT2D eigenvalue weighted by molar-refractivity contribution is -0.165. The molecule has 0 bridgehead atoms. The molecular weight excluding hydrogens is 366 g/mol. The normalized spacial score (nSPS) is 19.7. The largest absolute Gasteiger partial charge is 0.378 e. The zero-order chi connectivity index (χ0) is 18.7. The van der Waals surface area contributed by atoms with Crippen LogP contribution < -0.4 is 0 Å². The molecule has 5 nitrogen and oxygen atoms in total. The zero-order valence-electron chi connectivity index (χ0n) is 14.3. The highest BCUT2D eigenvalue weighted by atomic mass is 35.5. The molecule has 2 heterocycles. The SMILES string of the molecule is O=C1CCCN1C(CC(F)(F)C(=O)N1CCOCC1)c1ccc(Cl)cc1. The van der Waals surface area contributed by atoms with Gasteiger partial charge in [0.05, 0.1) is 19.3 Å². The van der Waals surface area contributed by atoms with E-state index in [4.69, 9.17) is 16.3 Å². The number of hydrogen-bond acceptors (Lipinski definition) is 3. The number of carbonyl (C=O) groups is 2. The van der Waals surface area contributed by atoms with E-state index in [-0.39, 0.29) is 32.2 Å². The van der Waals surface area contributed by atoms with E-state index in [0.29, 0.717) is 30.0 Å². The molecule has 2 fully saturated rings. The second-order valence-corrected chi connectivity index (χ2v) is 7.01. The van der Waals surface area contributed by atoms with Gasteiger partial charge in [0.2, 0.25) is 5.91 Å². The van der Waals surface area contributed by atoms with Crippen molar-refractivity contribution in [3.8, 4) is 0 Å². The van der Waals surface area contributed by atoms with Crippen molar-refractivity contribution in [3.05, 3.63) is 34.9 Å². The van der Waals surface area contributed by atoms with Crippen LogP contribution in [0.3, 0.4) is 0 Å². The Balaban J connectivity index is 1.82. The number of carbonyl (C=O) groups excluding carboxylic acids is 2. The van der Waals surface area contributed by atoms with Gasteiger partial charge in [0, 0.05) is 37.5 Å². The molecule has 142 valence electrons. The van der Waals surface area contributed by atoms with Crippen LogP contribution in [0.4, 0.5) is 8.78 Å². The molecule has 0 saturated carbocycles. The van der Waals surface area contributed by atoms with Crippen molar-refractivity contribution in [2.75, 3.05) is 32.8 Å². The molecule has 1 atom stereocenters. The van der Waals surface area contributed by atoms with E-state index in [0.717, 1.165) is 4.90 Å². The molecule has 1 unspecified atom stereocenters. The fourth-order valence-electron chi connectivity index (χ4n) is 3.42. The first kappa shape index (κ1) is 19.0. The topological polar surface area (TPSA) is 49.9 Å². The van der Waals surface area contributed by atoms with Gasteiger partial charge in [-0.2, -0.15) is 8.78 Å². The minimum absolute atomic E-state index is 0.155. The summed E-state index contributed by atoms with van der Waals surface area (Å²) in [6.45, 7) is 1.24. The van der Waals surface area contributed by atoms with E-state index in [9.17, 15) is 18.4 Å². The maximum atomic E-state index is 14.8. The van der Waals surface area contributed by atoms with E-state index in [1.807, 2.05) is 0 Å². The van der Waals surface area contributed by atoms with Crippen LogP contribution in [0.2, 0.25) is 5.02 Å². The number of likely N-dealkylation sites (tertiary alicyclic amines) is 1. The highest BCUT2D eigenvalue weighted by Gasteiger charge is 2.46. The van der Waals surface area contributed by atoms with Gasteiger partial charge in [-0.1, -0.05) is 23.7 Å². The highest BCUT2D eigenvalue weighted by Crippen LogP contribution is 2.37. The van der Waals surface area contributed by atoms with Gasteiger partial charge in [-0.05, 0) is 24.1 Å². The zero-order valence-corrected chi connectivity index (χ0v) is 15.1. The standard InChI is InChI=1S/C18H21ClF2N2O3/c19-14-5-3-13(4-6-14)15(23-7-1-2-16(23)24)12-18(20,21)17(25)22-8-10-26-11-9-22/h3-6,15H,1-2,7-12H2. The molecule has 2 aliphatic heterocycles. The average Bonchev–Trinajstić information content (AvgIpc) is 3.06. The second kappa shape index (κ2) is 7.88. The first-order valence-corrected chi connectivity index (χ1v) is 9.06. The third-order valence-corrected chi connectivity index (χ3v) is 5.05. The molecule has 2 amide bonds. The molecular formula is C18H21ClF2N2O3. The second-order valence-electron chi connectivity index (χ2n) is 6.57. The minimum Gasteiger partial charge on any atom is -0.378 e. The fourth-order valence-corrected chi connectivity index (χ4v) is 3.55. The molecule has 0 aliphatic carbocycles. The Bertz CT molecular complexity index is 663. The Morgan fingerprint density at radius 1 is 1.19 bits per heavy atom. The lowest BCUT2D eigenvalue weighted by atomic mass is 9.97. The van der Waals surface area contributed by atoms with Gasteiger partial charge >= 0.3 is 5.92 Å². The molecule has 2 aliphatic rings. The number of rotatable bonds is 5. The highest BCUT2D eigenvalue weighted by molar-refractivity contribution is 6.30. The summed E-state index contributed by atoms with van der Waals surface area (Å²) in [5.41, 5.74) is 0.555. The van der Waals surface area contributed by atoms with Crippen LogP contribution in [0, 0.1) is 0 Å². The lowest BCUT2D eigenvalue weighted by Gasteiger charge is -2.34. The van der Waals surface area contributed by atoms with E-state index in [1.165, 1.54) is 4.90 Å². The summed E-state index contributed by atoms with van der Waals surface area (Å²) in [6.07, 6.45) is 0.232. The molecule has 8 heteroatoms. The van der Waals surface area contributed by atoms with Crippen molar-refractivity contribution in [2.24, 2.45) is 0 Å². The third-order valence-electron chi connectivity index (χ3n) is 4.80. The first-order chi connectivity index (χ1) is 12.4. The van der Waals surface area contributed by atoms with Gasteiger partial charge in [0.25, 0.3) is 5.91 Å². The molecule has 3 rings (SSSR count). The molecule has 0 N–H and O–H groups in total. The lowest BCUT2D eigenvalue weighted by Crippen LogP contribution is -2.50. The number of nitrogens with zero attached hydrogens (tertiary/aromatic N) is 2. The number of halogens is 3. The van der Waals surface area contributed by atoms with Crippen molar-refractivity contribution in [1.82, 2.24) is 9.80 Å². The molecule has 2 saturated heterocycles. The Kier molecular flexibility index (Phi) is 5.77. The van der Waals surface area contributed by atoms with Gasteiger partial charge in [0.15, 0.2) is 0 Å². The van der Waals surface area contributed by atoms with E-state index < -0.39 is 24.3 Å². The predicted octanol–water partition coefficient (Wildman–Crippen LogP) is 2.89. The van der Waals surface area contributed by atoms with Crippen LogP contribution in [0.1, 0.15) is 30.9 Å². The summed E-state index contributed by atoms with van der Waals surface area (Å²) in [5, 5.41) is 0.483. The number of benzene rings is 1. The Morgan fingerprint density at radius 3 is 2.42 bits per heavy atom. The maximum Gasteiger partial charge on any atom is 0.327 e.